The highest BCUT2D eigenvalue weighted by Crippen LogP contribution is 2.20. The van der Waals surface area contributed by atoms with Crippen LogP contribution in [-0.2, 0) is 4.79 Å². The van der Waals surface area contributed by atoms with Gasteiger partial charge in [0.15, 0.2) is 0 Å². The number of benzene rings is 1. The van der Waals surface area contributed by atoms with Gasteiger partial charge in [0.2, 0.25) is 0 Å². The molecule has 1 atom stereocenters. The third-order valence-corrected chi connectivity index (χ3v) is 2.68. The Balaban J connectivity index is 2.05. The molecule has 0 spiro atoms. The molecule has 1 N–H and O–H groups in total. The molecule has 0 saturated heterocycles. The Hall–Kier alpha value is -2.10. The maximum absolute atomic E-state index is 10.5. The van der Waals surface area contributed by atoms with Crippen LogP contribution in [0, 0.1) is 0 Å². The number of hydrogen-bond acceptors (Lipinski definition) is 3. The Labute approximate surface area is 105 Å². The maximum atomic E-state index is 10.5. The van der Waals surface area contributed by atoms with Gasteiger partial charge in [-0.1, -0.05) is 6.07 Å². The Morgan fingerprint density at radius 3 is 3.06 bits per heavy atom. The van der Waals surface area contributed by atoms with E-state index in [-0.39, 0.29) is 12.5 Å². The highest BCUT2D eigenvalue weighted by atomic mass is 16.5. The molecule has 0 amide bonds. The van der Waals surface area contributed by atoms with Crippen molar-refractivity contribution < 1.29 is 14.6 Å². The van der Waals surface area contributed by atoms with E-state index in [1.54, 1.807) is 6.20 Å². The lowest BCUT2D eigenvalue weighted by Crippen LogP contribution is -2.13. The second kappa shape index (κ2) is 5.49. The number of aliphatic carboxylic acids is 1. The van der Waals surface area contributed by atoms with Gasteiger partial charge in [-0.2, -0.15) is 0 Å². The summed E-state index contributed by atoms with van der Waals surface area (Å²) in [7, 11) is 0. The van der Waals surface area contributed by atoms with Crippen molar-refractivity contribution in [1.29, 1.82) is 0 Å². The highest BCUT2D eigenvalue weighted by Gasteiger charge is 2.07. The van der Waals surface area contributed by atoms with Gasteiger partial charge in [-0.3, -0.25) is 9.78 Å². The maximum Gasteiger partial charge on any atom is 0.303 e. The highest BCUT2D eigenvalue weighted by molar-refractivity contribution is 5.79. The molecule has 2 aromatic rings. The van der Waals surface area contributed by atoms with Gasteiger partial charge in [0, 0.05) is 24.1 Å². The number of pyridine rings is 1. The van der Waals surface area contributed by atoms with Gasteiger partial charge in [-0.15, -0.1) is 0 Å². The molecule has 4 nitrogen and oxygen atoms in total. The van der Waals surface area contributed by atoms with Crippen LogP contribution in [0.2, 0.25) is 0 Å². The zero-order chi connectivity index (χ0) is 13.0. The fourth-order valence-electron chi connectivity index (χ4n) is 1.74. The fraction of sp³-hybridized carbons (Fsp3) is 0.286. The van der Waals surface area contributed by atoms with Crippen molar-refractivity contribution in [3.8, 4) is 5.75 Å². The predicted octanol–water partition coefficient (Wildman–Crippen LogP) is 2.87. The van der Waals surface area contributed by atoms with E-state index in [1.807, 2.05) is 37.3 Å². The lowest BCUT2D eigenvalue weighted by atomic mass is 10.2. The largest absolute Gasteiger partial charge is 0.491 e. The average Bonchev–Trinajstić information content (AvgIpc) is 2.36. The minimum absolute atomic E-state index is 0.118. The molecule has 0 aliphatic heterocycles. The molecule has 0 aliphatic rings. The van der Waals surface area contributed by atoms with Crippen molar-refractivity contribution in [2.45, 2.75) is 25.9 Å². The summed E-state index contributed by atoms with van der Waals surface area (Å²) in [5.41, 5.74) is 0.875. The fourth-order valence-corrected chi connectivity index (χ4v) is 1.74. The molecule has 1 aromatic heterocycles. The van der Waals surface area contributed by atoms with Gasteiger partial charge in [-0.25, -0.2) is 0 Å². The number of rotatable bonds is 5. The normalized spacial score (nSPS) is 12.3. The van der Waals surface area contributed by atoms with Crippen LogP contribution in [0.25, 0.3) is 10.9 Å². The molecular formula is C14H15NO3. The monoisotopic (exact) mass is 245 g/mol. The van der Waals surface area contributed by atoms with Crippen LogP contribution in [0.5, 0.6) is 5.75 Å². The van der Waals surface area contributed by atoms with E-state index in [0.717, 1.165) is 16.7 Å². The molecule has 0 fully saturated rings. The SMILES string of the molecule is CC(CCC(=O)O)Oc1ccc2cccnc2c1. The molecule has 0 radical (unpaired) electrons. The number of carbonyl (C=O) groups is 1. The van der Waals surface area contributed by atoms with Gasteiger partial charge in [0.1, 0.15) is 5.75 Å². The summed E-state index contributed by atoms with van der Waals surface area (Å²) in [6.07, 6.45) is 2.23. The first-order chi connectivity index (χ1) is 8.65. The minimum atomic E-state index is -0.800. The molecule has 1 aromatic carbocycles. The third-order valence-electron chi connectivity index (χ3n) is 2.68. The first kappa shape index (κ1) is 12.4. The van der Waals surface area contributed by atoms with Gasteiger partial charge < -0.3 is 9.84 Å². The lowest BCUT2D eigenvalue weighted by molar-refractivity contribution is -0.137. The van der Waals surface area contributed by atoms with Crippen LogP contribution in [0.4, 0.5) is 0 Å². The van der Waals surface area contributed by atoms with Crippen molar-refractivity contribution in [2.75, 3.05) is 0 Å². The summed E-state index contributed by atoms with van der Waals surface area (Å²) < 4.78 is 5.67. The van der Waals surface area contributed by atoms with Crippen molar-refractivity contribution in [2.24, 2.45) is 0 Å². The zero-order valence-corrected chi connectivity index (χ0v) is 10.2. The minimum Gasteiger partial charge on any atom is -0.491 e. The van der Waals surface area contributed by atoms with E-state index < -0.39 is 5.97 Å². The number of nitrogens with zero attached hydrogens (tertiary/aromatic N) is 1. The summed E-state index contributed by atoms with van der Waals surface area (Å²) in [6.45, 7) is 1.87. The summed E-state index contributed by atoms with van der Waals surface area (Å²) in [5, 5.41) is 9.66. The van der Waals surface area contributed by atoms with Crippen LogP contribution < -0.4 is 4.74 Å². The van der Waals surface area contributed by atoms with Crippen molar-refractivity contribution in [3.63, 3.8) is 0 Å². The Kier molecular flexibility index (Phi) is 3.77. The molecule has 0 aliphatic carbocycles. The summed E-state index contributed by atoms with van der Waals surface area (Å²) >= 11 is 0. The van der Waals surface area contributed by atoms with E-state index >= 15 is 0 Å². The zero-order valence-electron chi connectivity index (χ0n) is 10.2. The van der Waals surface area contributed by atoms with E-state index in [4.69, 9.17) is 9.84 Å². The van der Waals surface area contributed by atoms with Crippen LogP contribution in [0.15, 0.2) is 36.5 Å². The predicted molar refractivity (Wildman–Crippen MR) is 68.7 cm³/mol. The van der Waals surface area contributed by atoms with Crippen LogP contribution in [0.3, 0.4) is 0 Å². The van der Waals surface area contributed by atoms with E-state index in [9.17, 15) is 4.79 Å². The number of aromatic nitrogens is 1. The van der Waals surface area contributed by atoms with Crippen molar-refractivity contribution in [1.82, 2.24) is 4.98 Å². The first-order valence-corrected chi connectivity index (χ1v) is 5.88. The number of fused-ring (bicyclic) bond motifs is 1. The van der Waals surface area contributed by atoms with Crippen LogP contribution in [-0.4, -0.2) is 22.2 Å². The molecule has 1 heterocycles. The lowest BCUT2D eigenvalue weighted by Gasteiger charge is -2.13. The van der Waals surface area contributed by atoms with Crippen LogP contribution in [0.1, 0.15) is 19.8 Å². The topological polar surface area (TPSA) is 59.4 Å². The van der Waals surface area contributed by atoms with Crippen molar-refractivity contribution in [3.05, 3.63) is 36.5 Å². The van der Waals surface area contributed by atoms with Crippen LogP contribution >= 0.6 is 0 Å². The standard InChI is InChI=1S/C14H15NO3/c1-10(4-7-14(16)17)18-12-6-5-11-3-2-8-15-13(11)9-12/h2-3,5-6,8-10H,4,7H2,1H3,(H,16,17). The average molecular weight is 245 g/mol. The Morgan fingerprint density at radius 1 is 1.44 bits per heavy atom. The summed E-state index contributed by atoms with van der Waals surface area (Å²) in [6, 6.07) is 9.56. The Morgan fingerprint density at radius 2 is 2.28 bits per heavy atom. The second-order valence-electron chi connectivity index (χ2n) is 4.22. The first-order valence-electron chi connectivity index (χ1n) is 5.88. The quantitative estimate of drug-likeness (QED) is 0.879. The van der Waals surface area contributed by atoms with E-state index in [0.29, 0.717) is 6.42 Å². The molecule has 0 bridgehead atoms. The second-order valence-corrected chi connectivity index (χ2v) is 4.22. The number of carboxylic acids is 1. The van der Waals surface area contributed by atoms with Crippen molar-refractivity contribution >= 4 is 16.9 Å². The Bertz CT molecular complexity index is 553. The third kappa shape index (κ3) is 3.20. The summed E-state index contributed by atoms with van der Waals surface area (Å²) in [5.74, 6) is -0.0790. The van der Waals surface area contributed by atoms with Gasteiger partial charge in [0.05, 0.1) is 11.6 Å². The molecular weight excluding hydrogens is 230 g/mol. The molecule has 0 saturated carbocycles. The molecule has 18 heavy (non-hydrogen) atoms. The van der Waals surface area contributed by atoms with E-state index in [1.165, 1.54) is 0 Å². The molecule has 2 rings (SSSR count). The summed E-state index contributed by atoms with van der Waals surface area (Å²) in [4.78, 5) is 14.7. The number of ether oxygens (including phenoxy) is 1. The number of hydrogen-bond donors (Lipinski definition) is 1. The van der Waals surface area contributed by atoms with E-state index in [2.05, 4.69) is 4.98 Å². The molecule has 94 valence electrons. The van der Waals surface area contributed by atoms with Gasteiger partial charge in [-0.05, 0) is 31.5 Å². The number of carboxylic acid groups (broad SMARTS) is 1. The van der Waals surface area contributed by atoms with Gasteiger partial charge in [0.25, 0.3) is 0 Å². The molecule has 1 unspecified atom stereocenters. The smallest absolute Gasteiger partial charge is 0.303 e. The van der Waals surface area contributed by atoms with Gasteiger partial charge >= 0.3 is 5.97 Å². The molecule has 4 heteroatoms.